The predicted molar refractivity (Wildman–Crippen MR) is 118 cm³/mol. The maximum atomic E-state index is 11.8. The molecule has 1 fully saturated rings. The Morgan fingerprint density at radius 1 is 0.867 bits per heavy atom. The number of rotatable bonds is 19. The summed E-state index contributed by atoms with van der Waals surface area (Å²) in [7, 11) is 0. The topological polar surface area (TPSA) is 96.2 Å². The highest BCUT2D eigenvalue weighted by atomic mass is 16.6. The minimum atomic E-state index is -1.14. The summed E-state index contributed by atoms with van der Waals surface area (Å²) in [6, 6.07) is 0. The van der Waals surface area contributed by atoms with E-state index in [2.05, 4.69) is 6.92 Å². The molecule has 0 bridgehead atoms. The summed E-state index contributed by atoms with van der Waals surface area (Å²) in [5, 5.41) is 29.0. The van der Waals surface area contributed by atoms with Crippen LogP contribution in [0.3, 0.4) is 0 Å². The van der Waals surface area contributed by atoms with Crippen LogP contribution in [-0.4, -0.2) is 58.9 Å². The lowest BCUT2D eigenvalue weighted by Crippen LogP contribution is -2.41. The molecule has 4 atom stereocenters. The van der Waals surface area contributed by atoms with Gasteiger partial charge in [0.1, 0.15) is 31.0 Å². The molecule has 1 rings (SSSR count). The van der Waals surface area contributed by atoms with Gasteiger partial charge in [-0.25, -0.2) is 0 Å². The van der Waals surface area contributed by atoms with Gasteiger partial charge in [0.25, 0.3) is 0 Å². The molecule has 0 aromatic heterocycles. The van der Waals surface area contributed by atoms with E-state index < -0.39 is 24.4 Å². The summed E-state index contributed by atoms with van der Waals surface area (Å²) in [5.74, 6) is -0.336. The molecule has 3 N–H and O–H groups in total. The fourth-order valence-electron chi connectivity index (χ4n) is 3.95. The van der Waals surface area contributed by atoms with E-state index in [0.29, 0.717) is 6.42 Å². The van der Waals surface area contributed by atoms with E-state index in [9.17, 15) is 20.1 Å². The SMILES string of the molecule is CCCCCCCCCCCCCCCCCC(=O)OC[C@@H](O)[C@H]1OC[C@@H](O)[C@H]1O. The van der Waals surface area contributed by atoms with Crippen LogP contribution in [0.25, 0.3) is 0 Å². The number of aliphatic hydroxyl groups excluding tert-OH is 3. The lowest BCUT2D eigenvalue weighted by molar-refractivity contribution is -0.151. The zero-order valence-corrected chi connectivity index (χ0v) is 19.1. The monoisotopic (exact) mass is 430 g/mol. The molecule has 0 saturated carbocycles. The predicted octanol–water partition coefficient (Wildman–Crippen LogP) is 4.27. The Hall–Kier alpha value is -0.690. The van der Waals surface area contributed by atoms with Gasteiger partial charge < -0.3 is 24.8 Å². The van der Waals surface area contributed by atoms with Gasteiger partial charge in [0.2, 0.25) is 0 Å². The lowest BCUT2D eigenvalue weighted by atomic mass is 10.0. The molecule has 0 amide bonds. The number of carbonyl (C=O) groups is 1. The molecule has 0 aliphatic carbocycles. The van der Waals surface area contributed by atoms with Crippen molar-refractivity contribution < 1.29 is 29.6 Å². The zero-order chi connectivity index (χ0) is 22.0. The average molecular weight is 431 g/mol. The highest BCUT2D eigenvalue weighted by molar-refractivity contribution is 5.69. The largest absolute Gasteiger partial charge is 0.463 e. The molecule has 30 heavy (non-hydrogen) atoms. The van der Waals surface area contributed by atoms with Crippen LogP contribution in [0.2, 0.25) is 0 Å². The first-order valence-electron chi connectivity index (χ1n) is 12.4. The molecular formula is C24H46O6. The first kappa shape index (κ1) is 27.3. The number of carbonyl (C=O) groups excluding carboxylic acids is 1. The molecule has 0 unspecified atom stereocenters. The number of hydrogen-bond acceptors (Lipinski definition) is 6. The Morgan fingerprint density at radius 2 is 1.33 bits per heavy atom. The minimum Gasteiger partial charge on any atom is -0.463 e. The fourth-order valence-corrected chi connectivity index (χ4v) is 3.95. The summed E-state index contributed by atoms with van der Waals surface area (Å²) in [4.78, 5) is 11.8. The van der Waals surface area contributed by atoms with Crippen molar-refractivity contribution in [3.05, 3.63) is 0 Å². The Labute approximate surface area is 183 Å². The molecule has 0 spiro atoms. The fraction of sp³-hybridized carbons (Fsp3) is 0.958. The number of unbranched alkanes of at least 4 members (excludes halogenated alkanes) is 14. The quantitative estimate of drug-likeness (QED) is 0.209. The van der Waals surface area contributed by atoms with E-state index >= 15 is 0 Å². The summed E-state index contributed by atoms with van der Waals surface area (Å²) in [6.07, 6.45) is 15.4. The third-order valence-corrected chi connectivity index (χ3v) is 5.97. The Kier molecular flexibility index (Phi) is 16.3. The molecule has 0 aromatic carbocycles. The van der Waals surface area contributed by atoms with Crippen LogP contribution in [-0.2, 0) is 14.3 Å². The van der Waals surface area contributed by atoms with Gasteiger partial charge in [-0.2, -0.15) is 0 Å². The van der Waals surface area contributed by atoms with Gasteiger partial charge in [-0.1, -0.05) is 96.8 Å². The Bertz CT molecular complexity index is 417. The van der Waals surface area contributed by atoms with E-state index in [1.165, 1.54) is 77.0 Å². The average Bonchev–Trinajstić information content (AvgIpc) is 3.07. The van der Waals surface area contributed by atoms with Gasteiger partial charge in [0, 0.05) is 6.42 Å². The van der Waals surface area contributed by atoms with Crippen molar-refractivity contribution >= 4 is 5.97 Å². The van der Waals surface area contributed by atoms with Gasteiger partial charge in [-0.15, -0.1) is 0 Å². The van der Waals surface area contributed by atoms with Crippen molar-refractivity contribution in [1.82, 2.24) is 0 Å². The molecule has 6 nitrogen and oxygen atoms in total. The van der Waals surface area contributed by atoms with Crippen LogP contribution in [0.1, 0.15) is 110 Å². The minimum absolute atomic E-state index is 0.0179. The standard InChI is InChI=1S/C24H46O6/c1-2-3-4-5-6-7-8-9-10-11-12-13-14-15-16-17-22(27)29-19-21(26)24-23(28)20(25)18-30-24/h20-21,23-26,28H,2-19H2,1H3/t20-,21-,23-,24-/m1/s1. The summed E-state index contributed by atoms with van der Waals surface area (Å²) in [6.45, 7) is 2.03. The smallest absolute Gasteiger partial charge is 0.305 e. The van der Waals surface area contributed by atoms with Crippen molar-refractivity contribution in [3.63, 3.8) is 0 Å². The van der Waals surface area contributed by atoms with Gasteiger partial charge >= 0.3 is 5.97 Å². The van der Waals surface area contributed by atoms with E-state index in [-0.39, 0.29) is 19.2 Å². The normalized spacial score (nSPS) is 22.3. The van der Waals surface area contributed by atoms with Crippen LogP contribution < -0.4 is 0 Å². The van der Waals surface area contributed by atoms with Crippen LogP contribution in [0.15, 0.2) is 0 Å². The molecule has 1 saturated heterocycles. The van der Waals surface area contributed by atoms with Crippen molar-refractivity contribution in [2.75, 3.05) is 13.2 Å². The van der Waals surface area contributed by atoms with Gasteiger partial charge in [-0.05, 0) is 6.42 Å². The van der Waals surface area contributed by atoms with Crippen LogP contribution in [0, 0.1) is 0 Å². The molecule has 0 radical (unpaired) electrons. The van der Waals surface area contributed by atoms with E-state index in [1.54, 1.807) is 0 Å². The maximum absolute atomic E-state index is 11.8. The highest BCUT2D eigenvalue weighted by Crippen LogP contribution is 2.18. The van der Waals surface area contributed by atoms with Gasteiger partial charge in [0.15, 0.2) is 0 Å². The van der Waals surface area contributed by atoms with E-state index in [0.717, 1.165) is 19.3 Å². The van der Waals surface area contributed by atoms with Gasteiger partial charge in [-0.3, -0.25) is 4.79 Å². The summed E-state index contributed by atoms with van der Waals surface area (Å²) in [5.41, 5.74) is 0. The molecule has 1 aliphatic heterocycles. The summed E-state index contributed by atoms with van der Waals surface area (Å²) >= 11 is 0. The Balaban J connectivity index is 1.83. The third kappa shape index (κ3) is 12.9. The zero-order valence-electron chi connectivity index (χ0n) is 19.1. The van der Waals surface area contributed by atoms with Crippen LogP contribution in [0.4, 0.5) is 0 Å². The number of ether oxygens (including phenoxy) is 2. The first-order valence-corrected chi connectivity index (χ1v) is 12.4. The second kappa shape index (κ2) is 17.9. The second-order valence-electron chi connectivity index (χ2n) is 8.81. The van der Waals surface area contributed by atoms with Gasteiger partial charge in [0.05, 0.1) is 6.61 Å². The van der Waals surface area contributed by atoms with Crippen molar-refractivity contribution in [1.29, 1.82) is 0 Å². The van der Waals surface area contributed by atoms with Crippen molar-refractivity contribution in [2.24, 2.45) is 0 Å². The molecular weight excluding hydrogens is 384 g/mol. The number of hydrogen-bond donors (Lipinski definition) is 3. The highest BCUT2D eigenvalue weighted by Gasteiger charge is 2.39. The number of aliphatic hydroxyl groups is 3. The molecule has 0 aromatic rings. The second-order valence-corrected chi connectivity index (χ2v) is 8.81. The molecule has 1 aliphatic rings. The van der Waals surface area contributed by atoms with E-state index in [4.69, 9.17) is 9.47 Å². The molecule has 1 heterocycles. The lowest BCUT2D eigenvalue weighted by Gasteiger charge is -2.20. The first-order chi connectivity index (χ1) is 14.6. The Morgan fingerprint density at radius 3 is 1.77 bits per heavy atom. The maximum Gasteiger partial charge on any atom is 0.305 e. The van der Waals surface area contributed by atoms with E-state index in [1.807, 2.05) is 0 Å². The third-order valence-electron chi connectivity index (χ3n) is 5.97. The summed E-state index contributed by atoms with van der Waals surface area (Å²) < 4.78 is 10.2. The number of esters is 1. The van der Waals surface area contributed by atoms with Crippen LogP contribution >= 0.6 is 0 Å². The molecule has 6 heteroatoms. The van der Waals surface area contributed by atoms with Crippen LogP contribution in [0.5, 0.6) is 0 Å². The molecule has 178 valence electrons. The van der Waals surface area contributed by atoms with Crippen molar-refractivity contribution in [3.8, 4) is 0 Å². The van der Waals surface area contributed by atoms with Crippen molar-refractivity contribution in [2.45, 2.75) is 134 Å².